The van der Waals surface area contributed by atoms with Crippen LogP contribution >= 0.6 is 0 Å². The van der Waals surface area contributed by atoms with Gasteiger partial charge < -0.3 is 0 Å². The Morgan fingerprint density at radius 3 is 2.64 bits per heavy atom. The number of hydrogen-bond acceptors (Lipinski definition) is 2. The number of carbonyl (C=O) groups is 1. The molecule has 0 bridgehead atoms. The van der Waals surface area contributed by atoms with Crippen LogP contribution in [0.4, 0.5) is 13.2 Å². The van der Waals surface area contributed by atoms with Crippen molar-refractivity contribution in [2.24, 2.45) is 0 Å². The van der Waals surface area contributed by atoms with Crippen molar-refractivity contribution in [2.45, 2.75) is 26.1 Å². The Morgan fingerprint density at radius 2 is 2.05 bits per heavy atom. The average Bonchev–Trinajstić information content (AvgIpc) is 2.94. The van der Waals surface area contributed by atoms with Crippen LogP contribution in [0.15, 0.2) is 42.7 Å². The highest BCUT2D eigenvalue weighted by Gasteiger charge is 2.30. The van der Waals surface area contributed by atoms with E-state index in [1.165, 1.54) is 30.5 Å². The molecule has 0 amide bonds. The fourth-order valence-corrected chi connectivity index (χ4v) is 1.83. The maximum atomic E-state index is 12.6. The van der Waals surface area contributed by atoms with E-state index in [2.05, 4.69) is 5.10 Å². The van der Waals surface area contributed by atoms with Crippen molar-refractivity contribution in [3.8, 4) is 0 Å². The van der Waals surface area contributed by atoms with Gasteiger partial charge in [0, 0.05) is 12.2 Å². The van der Waals surface area contributed by atoms with Crippen LogP contribution in [0.3, 0.4) is 0 Å². The number of allylic oxidation sites excluding steroid dienone is 1. The van der Waals surface area contributed by atoms with E-state index >= 15 is 0 Å². The molecule has 1 heterocycles. The standard InChI is InChI=1S/C16H15F3N2O/c1-11(2)21-10-13(9-20-21)15(22)7-6-12-4-3-5-14(8-12)16(17,18)19/h3-11H,1-2H3/b7-6+. The molecule has 6 heteroatoms. The summed E-state index contributed by atoms with van der Waals surface area (Å²) in [6.45, 7) is 3.86. The smallest absolute Gasteiger partial charge is 0.289 e. The number of rotatable bonds is 4. The number of carbonyl (C=O) groups excluding carboxylic acids is 1. The SMILES string of the molecule is CC(C)n1cc(C(=O)/C=C/c2cccc(C(F)(F)F)c2)cn1. The summed E-state index contributed by atoms with van der Waals surface area (Å²) in [6.07, 6.45) is 1.27. The first-order chi connectivity index (χ1) is 10.3. The van der Waals surface area contributed by atoms with Crippen molar-refractivity contribution in [3.63, 3.8) is 0 Å². The number of nitrogens with zero attached hydrogens (tertiary/aromatic N) is 2. The second-order valence-corrected chi connectivity index (χ2v) is 5.12. The molecule has 0 saturated heterocycles. The van der Waals surface area contributed by atoms with Gasteiger partial charge in [-0.2, -0.15) is 18.3 Å². The van der Waals surface area contributed by atoms with Crippen LogP contribution in [0, 0.1) is 0 Å². The summed E-state index contributed by atoms with van der Waals surface area (Å²) >= 11 is 0. The number of hydrogen-bond donors (Lipinski definition) is 0. The van der Waals surface area contributed by atoms with Gasteiger partial charge in [-0.05, 0) is 37.6 Å². The minimum absolute atomic E-state index is 0.133. The van der Waals surface area contributed by atoms with E-state index in [-0.39, 0.29) is 11.8 Å². The molecule has 0 aliphatic heterocycles. The first kappa shape index (κ1) is 16.0. The zero-order valence-corrected chi connectivity index (χ0v) is 12.1. The van der Waals surface area contributed by atoms with E-state index in [1.807, 2.05) is 13.8 Å². The average molecular weight is 308 g/mol. The van der Waals surface area contributed by atoms with Crippen molar-refractivity contribution in [1.29, 1.82) is 0 Å². The maximum Gasteiger partial charge on any atom is 0.416 e. The largest absolute Gasteiger partial charge is 0.416 e. The van der Waals surface area contributed by atoms with Gasteiger partial charge in [0.2, 0.25) is 0 Å². The number of halogens is 3. The van der Waals surface area contributed by atoms with Gasteiger partial charge in [-0.1, -0.05) is 18.2 Å². The van der Waals surface area contributed by atoms with E-state index in [9.17, 15) is 18.0 Å². The molecule has 116 valence electrons. The first-order valence-electron chi connectivity index (χ1n) is 6.71. The molecule has 0 aliphatic carbocycles. The van der Waals surface area contributed by atoms with Crippen LogP contribution in [0.5, 0.6) is 0 Å². The molecule has 0 atom stereocenters. The van der Waals surface area contributed by atoms with Gasteiger partial charge in [0.15, 0.2) is 5.78 Å². The third-order valence-electron chi connectivity index (χ3n) is 3.06. The Morgan fingerprint density at radius 1 is 1.32 bits per heavy atom. The number of aromatic nitrogens is 2. The van der Waals surface area contributed by atoms with Crippen LogP contribution in [-0.2, 0) is 6.18 Å². The maximum absolute atomic E-state index is 12.6. The van der Waals surface area contributed by atoms with Crippen LogP contribution in [-0.4, -0.2) is 15.6 Å². The van der Waals surface area contributed by atoms with Gasteiger partial charge in [0.05, 0.1) is 17.3 Å². The molecule has 3 nitrogen and oxygen atoms in total. The fraction of sp³-hybridized carbons (Fsp3) is 0.250. The second-order valence-electron chi connectivity index (χ2n) is 5.12. The quantitative estimate of drug-likeness (QED) is 0.620. The lowest BCUT2D eigenvalue weighted by atomic mass is 10.1. The van der Waals surface area contributed by atoms with Crippen LogP contribution in [0.2, 0.25) is 0 Å². The Hall–Kier alpha value is -2.37. The Kier molecular flexibility index (Phi) is 4.49. The molecule has 0 unspecified atom stereocenters. The molecule has 22 heavy (non-hydrogen) atoms. The van der Waals surface area contributed by atoms with Crippen molar-refractivity contribution in [2.75, 3.05) is 0 Å². The van der Waals surface area contributed by atoms with Gasteiger partial charge in [-0.25, -0.2) is 0 Å². The van der Waals surface area contributed by atoms with Crippen LogP contribution in [0.25, 0.3) is 6.08 Å². The van der Waals surface area contributed by atoms with Gasteiger partial charge in [-0.15, -0.1) is 0 Å². The Bertz CT molecular complexity index is 699. The van der Waals surface area contributed by atoms with Gasteiger partial charge in [-0.3, -0.25) is 9.48 Å². The number of benzene rings is 1. The number of alkyl halides is 3. The third-order valence-corrected chi connectivity index (χ3v) is 3.06. The van der Waals surface area contributed by atoms with E-state index in [0.29, 0.717) is 11.1 Å². The molecule has 2 aromatic rings. The van der Waals surface area contributed by atoms with E-state index in [4.69, 9.17) is 0 Å². The van der Waals surface area contributed by atoms with Crippen molar-refractivity contribution >= 4 is 11.9 Å². The van der Waals surface area contributed by atoms with Gasteiger partial charge >= 0.3 is 6.18 Å². The molecule has 0 fully saturated rings. The molecule has 2 rings (SSSR count). The predicted molar refractivity (Wildman–Crippen MR) is 77.4 cm³/mol. The highest BCUT2D eigenvalue weighted by atomic mass is 19.4. The summed E-state index contributed by atoms with van der Waals surface area (Å²) in [5.74, 6) is -0.302. The fourth-order valence-electron chi connectivity index (χ4n) is 1.83. The zero-order chi connectivity index (χ0) is 16.3. The third kappa shape index (κ3) is 3.84. The van der Waals surface area contributed by atoms with Crippen molar-refractivity contribution in [3.05, 3.63) is 59.4 Å². The molecule has 0 saturated carbocycles. The summed E-state index contributed by atoms with van der Waals surface area (Å²) in [5.41, 5.74) is -0.0221. The minimum Gasteiger partial charge on any atom is -0.289 e. The van der Waals surface area contributed by atoms with Crippen molar-refractivity contribution < 1.29 is 18.0 Å². The highest BCUT2D eigenvalue weighted by Crippen LogP contribution is 2.29. The molecule has 1 aromatic heterocycles. The Balaban J connectivity index is 2.15. The first-order valence-corrected chi connectivity index (χ1v) is 6.71. The van der Waals surface area contributed by atoms with Gasteiger partial charge in [0.1, 0.15) is 0 Å². The summed E-state index contributed by atoms with van der Waals surface area (Å²) < 4.78 is 39.5. The molecular weight excluding hydrogens is 293 g/mol. The summed E-state index contributed by atoms with van der Waals surface area (Å²) in [5, 5.41) is 4.05. The lowest BCUT2D eigenvalue weighted by Crippen LogP contribution is -2.04. The predicted octanol–water partition coefficient (Wildman–Crippen LogP) is 4.38. The monoisotopic (exact) mass is 308 g/mol. The van der Waals surface area contributed by atoms with E-state index < -0.39 is 11.7 Å². The molecule has 0 N–H and O–H groups in total. The van der Waals surface area contributed by atoms with E-state index in [0.717, 1.165) is 12.1 Å². The van der Waals surface area contributed by atoms with Crippen LogP contribution in [0.1, 0.15) is 41.4 Å². The molecule has 1 aromatic carbocycles. The van der Waals surface area contributed by atoms with Gasteiger partial charge in [0.25, 0.3) is 0 Å². The lowest BCUT2D eigenvalue weighted by Gasteiger charge is -2.06. The minimum atomic E-state index is -4.40. The molecule has 0 spiro atoms. The van der Waals surface area contributed by atoms with Crippen LogP contribution < -0.4 is 0 Å². The molecule has 0 aliphatic rings. The summed E-state index contributed by atoms with van der Waals surface area (Å²) in [7, 11) is 0. The highest BCUT2D eigenvalue weighted by molar-refractivity contribution is 6.06. The normalized spacial score (nSPS) is 12.3. The zero-order valence-electron chi connectivity index (χ0n) is 12.1. The summed E-state index contributed by atoms with van der Waals surface area (Å²) in [4.78, 5) is 12.0. The topological polar surface area (TPSA) is 34.9 Å². The number of ketones is 1. The summed E-state index contributed by atoms with van der Waals surface area (Å²) in [6, 6.07) is 4.95. The molecule has 0 radical (unpaired) electrons. The van der Waals surface area contributed by atoms with Crippen molar-refractivity contribution in [1.82, 2.24) is 9.78 Å². The molecular formula is C16H15F3N2O. The Labute approximate surface area is 126 Å². The van der Waals surface area contributed by atoms with E-state index in [1.54, 1.807) is 10.9 Å². The lowest BCUT2D eigenvalue weighted by molar-refractivity contribution is -0.137. The second kappa shape index (κ2) is 6.17.